The fourth-order valence-corrected chi connectivity index (χ4v) is 1.59. The van der Waals surface area contributed by atoms with Crippen LogP contribution in [0.4, 0.5) is 0 Å². The molecule has 70 valence electrons. The number of esters is 1. The quantitative estimate of drug-likeness (QED) is 0.639. The van der Waals surface area contributed by atoms with Crippen molar-refractivity contribution in [1.29, 1.82) is 0 Å². The monoisotopic (exact) mass is 172 g/mol. The first-order chi connectivity index (χ1) is 5.69. The largest absolute Gasteiger partial charge is 0.435 e. The zero-order valence-electron chi connectivity index (χ0n) is 7.62. The lowest BCUT2D eigenvalue weighted by atomic mass is 9.88. The van der Waals surface area contributed by atoms with Crippen molar-refractivity contribution in [1.82, 2.24) is 0 Å². The molecule has 0 bridgehead atoms. The first-order valence-electron chi connectivity index (χ1n) is 4.57. The number of hydrogen-bond acceptors (Lipinski definition) is 3. The molecule has 1 aliphatic heterocycles. The van der Waals surface area contributed by atoms with E-state index in [2.05, 4.69) is 0 Å². The van der Waals surface area contributed by atoms with E-state index in [1.807, 2.05) is 13.8 Å². The van der Waals surface area contributed by atoms with Crippen LogP contribution in [0.5, 0.6) is 0 Å². The summed E-state index contributed by atoms with van der Waals surface area (Å²) in [4.78, 5) is 11.1. The minimum Gasteiger partial charge on any atom is -0.435 e. The summed E-state index contributed by atoms with van der Waals surface area (Å²) in [5.41, 5.74) is 0. The number of hydrogen-bond donors (Lipinski definition) is 1. The highest BCUT2D eigenvalue weighted by Crippen LogP contribution is 2.28. The van der Waals surface area contributed by atoms with Crippen LogP contribution in [0.25, 0.3) is 0 Å². The van der Waals surface area contributed by atoms with Crippen LogP contribution in [0.2, 0.25) is 0 Å². The van der Waals surface area contributed by atoms with Gasteiger partial charge in [-0.2, -0.15) is 0 Å². The van der Waals surface area contributed by atoms with Gasteiger partial charge in [-0.1, -0.05) is 13.8 Å². The van der Waals surface area contributed by atoms with Gasteiger partial charge in [-0.15, -0.1) is 0 Å². The molecule has 0 radical (unpaired) electrons. The van der Waals surface area contributed by atoms with E-state index in [-0.39, 0.29) is 17.8 Å². The summed E-state index contributed by atoms with van der Waals surface area (Å²) in [6, 6.07) is 0. The third-order valence-electron chi connectivity index (χ3n) is 2.58. The van der Waals surface area contributed by atoms with Crippen LogP contribution in [-0.4, -0.2) is 17.4 Å². The van der Waals surface area contributed by atoms with E-state index in [4.69, 9.17) is 4.74 Å². The highest BCUT2D eigenvalue weighted by atomic mass is 16.6. The van der Waals surface area contributed by atoms with Crippen LogP contribution in [0.15, 0.2) is 0 Å². The summed E-state index contributed by atoms with van der Waals surface area (Å²) in [5, 5.41) is 9.31. The number of rotatable bonds is 2. The normalized spacial score (nSPS) is 36.2. The SMILES string of the molecule is CCC1CC(CC)C(O)OC1=O. The zero-order valence-corrected chi connectivity index (χ0v) is 7.62. The summed E-state index contributed by atoms with van der Waals surface area (Å²) < 4.78 is 4.81. The molecule has 12 heavy (non-hydrogen) atoms. The van der Waals surface area contributed by atoms with Gasteiger partial charge < -0.3 is 9.84 Å². The average Bonchev–Trinajstić information content (AvgIpc) is 2.05. The van der Waals surface area contributed by atoms with E-state index in [9.17, 15) is 9.90 Å². The van der Waals surface area contributed by atoms with Gasteiger partial charge in [0.05, 0.1) is 5.92 Å². The van der Waals surface area contributed by atoms with Crippen molar-refractivity contribution < 1.29 is 14.6 Å². The van der Waals surface area contributed by atoms with Crippen LogP contribution in [0, 0.1) is 11.8 Å². The van der Waals surface area contributed by atoms with Crippen molar-refractivity contribution >= 4 is 5.97 Å². The minimum absolute atomic E-state index is 0.00153. The first-order valence-corrected chi connectivity index (χ1v) is 4.57. The molecule has 3 unspecified atom stereocenters. The lowest BCUT2D eigenvalue weighted by molar-refractivity contribution is -0.197. The average molecular weight is 172 g/mol. The lowest BCUT2D eigenvalue weighted by Crippen LogP contribution is -2.37. The number of aliphatic hydroxyl groups is 1. The molecular weight excluding hydrogens is 156 g/mol. The number of ether oxygens (including phenoxy) is 1. The maximum absolute atomic E-state index is 11.1. The van der Waals surface area contributed by atoms with Gasteiger partial charge in [-0.3, -0.25) is 4.79 Å². The van der Waals surface area contributed by atoms with Gasteiger partial charge in [0.1, 0.15) is 0 Å². The molecule has 3 nitrogen and oxygen atoms in total. The molecule has 3 heteroatoms. The Kier molecular flexibility index (Phi) is 3.09. The van der Waals surface area contributed by atoms with Crippen molar-refractivity contribution in [3.63, 3.8) is 0 Å². The molecule has 0 aromatic heterocycles. The van der Waals surface area contributed by atoms with Gasteiger partial charge in [0.25, 0.3) is 0 Å². The third-order valence-corrected chi connectivity index (χ3v) is 2.58. The van der Waals surface area contributed by atoms with Gasteiger partial charge >= 0.3 is 5.97 Å². The Labute approximate surface area is 72.7 Å². The molecule has 0 aromatic carbocycles. The minimum atomic E-state index is -0.870. The fraction of sp³-hybridized carbons (Fsp3) is 0.889. The fourth-order valence-electron chi connectivity index (χ4n) is 1.59. The summed E-state index contributed by atoms with van der Waals surface area (Å²) in [5.74, 6) is -0.110. The standard InChI is InChI=1S/C9H16O3/c1-3-6-5-7(4-2)9(11)12-8(6)10/h6-8,10H,3-5H2,1-2H3. The Morgan fingerprint density at radius 2 is 2.17 bits per heavy atom. The van der Waals surface area contributed by atoms with Gasteiger partial charge in [-0.25, -0.2) is 0 Å². The second-order valence-electron chi connectivity index (χ2n) is 3.34. The van der Waals surface area contributed by atoms with Crippen molar-refractivity contribution in [2.45, 2.75) is 39.4 Å². The van der Waals surface area contributed by atoms with Crippen LogP contribution in [0.3, 0.4) is 0 Å². The second kappa shape index (κ2) is 3.90. The molecule has 1 rings (SSSR count). The highest BCUT2D eigenvalue weighted by molar-refractivity contribution is 5.73. The Bertz CT molecular complexity index is 167. The van der Waals surface area contributed by atoms with Crippen LogP contribution in [-0.2, 0) is 9.53 Å². The Balaban J connectivity index is 2.56. The Morgan fingerprint density at radius 3 is 2.67 bits per heavy atom. The molecule has 3 atom stereocenters. The van der Waals surface area contributed by atoms with Crippen molar-refractivity contribution in [2.75, 3.05) is 0 Å². The summed E-state index contributed by atoms with van der Waals surface area (Å²) in [6.45, 7) is 3.97. The van der Waals surface area contributed by atoms with Crippen LogP contribution < -0.4 is 0 Å². The second-order valence-corrected chi connectivity index (χ2v) is 3.34. The highest BCUT2D eigenvalue weighted by Gasteiger charge is 2.34. The lowest BCUT2D eigenvalue weighted by Gasteiger charge is -2.31. The number of cyclic esters (lactones) is 1. The molecule has 0 saturated carbocycles. The van der Waals surface area contributed by atoms with Gasteiger partial charge in [0.15, 0.2) is 0 Å². The van der Waals surface area contributed by atoms with Crippen molar-refractivity contribution in [3.05, 3.63) is 0 Å². The molecule has 1 aliphatic rings. The smallest absolute Gasteiger partial charge is 0.311 e. The van der Waals surface area contributed by atoms with E-state index in [0.29, 0.717) is 0 Å². The topological polar surface area (TPSA) is 46.5 Å². The number of carbonyl (C=O) groups is 1. The van der Waals surface area contributed by atoms with Gasteiger partial charge in [0.2, 0.25) is 6.29 Å². The summed E-state index contributed by atoms with van der Waals surface area (Å²) in [6.07, 6.45) is 1.57. The van der Waals surface area contributed by atoms with Crippen LogP contribution in [0.1, 0.15) is 33.1 Å². The molecular formula is C9H16O3. The molecule has 0 spiro atoms. The molecule has 1 N–H and O–H groups in total. The molecule has 1 heterocycles. The predicted molar refractivity (Wildman–Crippen MR) is 44.3 cm³/mol. The van der Waals surface area contributed by atoms with Crippen LogP contribution >= 0.6 is 0 Å². The third kappa shape index (κ3) is 1.78. The summed E-state index contributed by atoms with van der Waals surface area (Å²) >= 11 is 0. The first kappa shape index (κ1) is 9.52. The van der Waals surface area contributed by atoms with E-state index in [1.54, 1.807) is 0 Å². The van der Waals surface area contributed by atoms with E-state index in [0.717, 1.165) is 19.3 Å². The van der Waals surface area contributed by atoms with Gasteiger partial charge in [0, 0.05) is 5.92 Å². The van der Waals surface area contributed by atoms with Gasteiger partial charge in [-0.05, 0) is 19.3 Å². The Hall–Kier alpha value is -0.570. The molecule has 0 aliphatic carbocycles. The van der Waals surface area contributed by atoms with E-state index >= 15 is 0 Å². The molecule has 0 amide bonds. The molecule has 0 aromatic rings. The van der Waals surface area contributed by atoms with Crippen molar-refractivity contribution in [3.8, 4) is 0 Å². The maximum Gasteiger partial charge on any atom is 0.311 e. The van der Waals surface area contributed by atoms with Crippen molar-refractivity contribution in [2.24, 2.45) is 11.8 Å². The molecule has 1 saturated heterocycles. The zero-order chi connectivity index (χ0) is 9.14. The predicted octanol–water partition coefficient (Wildman–Crippen LogP) is 1.30. The van der Waals surface area contributed by atoms with E-state index < -0.39 is 6.29 Å². The van der Waals surface area contributed by atoms with E-state index in [1.165, 1.54) is 0 Å². The maximum atomic E-state index is 11.1. The number of carbonyl (C=O) groups excluding carboxylic acids is 1. The Morgan fingerprint density at radius 1 is 1.50 bits per heavy atom. The summed E-state index contributed by atoms with van der Waals surface area (Å²) in [7, 11) is 0. The molecule has 1 fully saturated rings. The number of aliphatic hydroxyl groups excluding tert-OH is 1.